The van der Waals surface area contributed by atoms with Gasteiger partial charge in [-0.25, -0.2) is 0 Å². The molecule has 1 aliphatic rings. The van der Waals surface area contributed by atoms with Crippen LogP contribution in [0.4, 0.5) is 17.1 Å². The Bertz CT molecular complexity index is 1410. The van der Waals surface area contributed by atoms with Crippen LogP contribution in [-0.2, 0) is 20.4 Å². The number of halogens is 3. The molecule has 1 aliphatic carbocycles. The third-order valence-electron chi connectivity index (χ3n) is 9.53. The van der Waals surface area contributed by atoms with Gasteiger partial charge in [-0.1, -0.05) is 0 Å². The van der Waals surface area contributed by atoms with Crippen molar-refractivity contribution in [2.45, 2.75) is 53.5 Å². The van der Waals surface area contributed by atoms with Crippen LogP contribution in [0.5, 0.6) is 0 Å². The summed E-state index contributed by atoms with van der Waals surface area (Å²) in [5, 5.41) is 4.24. The number of anilines is 3. The first-order valence-electron chi connectivity index (χ1n) is 14.6. The summed E-state index contributed by atoms with van der Waals surface area (Å²) in [6, 6.07) is 22.0. The van der Waals surface area contributed by atoms with Crippen LogP contribution in [0.2, 0.25) is 5.04 Å². The van der Waals surface area contributed by atoms with E-state index in [0.717, 1.165) is 0 Å². The molecule has 3 nitrogen and oxygen atoms in total. The molecule has 0 saturated heterocycles. The summed E-state index contributed by atoms with van der Waals surface area (Å²) in [5.74, 6) is 0. The van der Waals surface area contributed by atoms with Crippen molar-refractivity contribution in [2.24, 2.45) is 0 Å². The zero-order valence-corrected chi connectivity index (χ0v) is 33.5. The molecule has 44 heavy (non-hydrogen) atoms. The van der Waals surface area contributed by atoms with Crippen LogP contribution in [0, 0.1) is 20.8 Å². The number of rotatable bonds is 7. The molecule has 236 valence electrons. The van der Waals surface area contributed by atoms with Crippen molar-refractivity contribution in [2.75, 3.05) is 57.0 Å². The Kier molecular flexibility index (Phi) is 13.6. The minimum Gasteiger partial charge on any atom is -1.00 e. The maximum absolute atomic E-state index is 2.85. The number of aryl methyl sites for hydroxylation is 3. The summed E-state index contributed by atoms with van der Waals surface area (Å²) < 4.78 is 1.51. The Labute approximate surface area is 298 Å². The summed E-state index contributed by atoms with van der Waals surface area (Å²) >= 11 is 2.41. The molecule has 0 N–H and O–H groups in total. The maximum atomic E-state index is 2.57. The molecular weight excluding hydrogens is 657 g/mol. The smallest absolute Gasteiger partial charge is 1.00 e. The van der Waals surface area contributed by atoms with Gasteiger partial charge in [0.15, 0.2) is 0 Å². The van der Waals surface area contributed by atoms with Crippen molar-refractivity contribution >= 4 is 40.7 Å². The van der Waals surface area contributed by atoms with E-state index in [1.54, 1.807) is 0 Å². The molecule has 1 unspecified atom stereocenters. The minimum atomic E-state index is -2.85. The van der Waals surface area contributed by atoms with Crippen molar-refractivity contribution in [3.8, 4) is 0 Å². The van der Waals surface area contributed by atoms with Gasteiger partial charge in [-0.15, -0.1) is 0 Å². The molecular formula is C36H48Cl3N3SiTi. The van der Waals surface area contributed by atoms with E-state index < -0.39 is 8.07 Å². The van der Waals surface area contributed by atoms with E-state index >= 15 is 0 Å². The Hall–Kier alpha value is -1.66. The van der Waals surface area contributed by atoms with Crippen LogP contribution in [0.1, 0.15) is 44.4 Å². The third kappa shape index (κ3) is 6.59. The van der Waals surface area contributed by atoms with E-state index in [1.807, 2.05) is 0 Å². The fourth-order valence-corrected chi connectivity index (χ4v) is 14.9. The van der Waals surface area contributed by atoms with Gasteiger partial charge < -0.3 is 37.2 Å². The standard InChI is InChI=1S/C36H48N3Si.3ClH.Ti/c1-24-14-30(37(8)9)20-33(17-24)40(36(7)23-27(4)28(5)29(36)6,34-18-25(2)15-31(21-34)38(10)11)35-19-26(3)16-32(22-35)39(12)13;;;;/h14-22H,1-13H3;3*1H;/q;;;;+3/p-3. The minimum absolute atomic E-state index is 0. The van der Waals surface area contributed by atoms with Gasteiger partial charge in [0, 0.05) is 0 Å². The van der Waals surface area contributed by atoms with Crippen LogP contribution in [0.25, 0.3) is 0 Å². The second kappa shape index (κ2) is 14.8. The van der Waals surface area contributed by atoms with Gasteiger partial charge in [0.1, 0.15) is 0 Å². The van der Waals surface area contributed by atoms with Crippen molar-refractivity contribution in [3.05, 3.63) is 91.9 Å². The first-order chi connectivity index (χ1) is 19.0. The Morgan fingerprint density at radius 1 is 0.500 bits per heavy atom. The van der Waals surface area contributed by atoms with Crippen molar-refractivity contribution < 1.29 is 57.7 Å². The molecule has 0 bridgehead atoms. The second-order valence-corrected chi connectivity index (χ2v) is 18.0. The van der Waals surface area contributed by atoms with Gasteiger partial charge in [0.2, 0.25) is 0 Å². The molecule has 0 amide bonds. The number of hydrogen-bond donors (Lipinski definition) is 0. The van der Waals surface area contributed by atoms with Crippen LogP contribution in [0.3, 0.4) is 0 Å². The van der Waals surface area contributed by atoms with E-state index in [1.165, 1.54) is 69.9 Å². The monoisotopic (exact) mass is 703 g/mol. The Morgan fingerprint density at radius 2 is 0.795 bits per heavy atom. The first-order valence-corrected chi connectivity index (χ1v) is 17.3. The quantitative estimate of drug-likeness (QED) is 0.195. The van der Waals surface area contributed by atoms with Gasteiger partial charge in [-0.3, -0.25) is 0 Å². The summed E-state index contributed by atoms with van der Waals surface area (Å²) in [4.78, 5) is 6.78. The van der Waals surface area contributed by atoms with Crippen molar-refractivity contribution in [3.63, 3.8) is 0 Å². The largest absolute Gasteiger partial charge is 1.00 e. The molecule has 0 spiro atoms. The normalized spacial score (nSPS) is 16.2. The summed E-state index contributed by atoms with van der Waals surface area (Å²) in [5.41, 5.74) is 12.1. The number of nitrogens with zero attached hydrogens (tertiary/aromatic N) is 3. The third-order valence-corrected chi connectivity index (χ3v) is 16.9. The first kappa shape index (κ1) is 40.4. The molecule has 0 saturated carbocycles. The molecule has 0 aliphatic heterocycles. The Balaban J connectivity index is 0.00000323. The summed E-state index contributed by atoms with van der Waals surface area (Å²) in [6.45, 7) is 16.4. The predicted octanol–water partition coefficient (Wildman–Crippen LogP) is -2.78. The second-order valence-electron chi connectivity index (χ2n) is 13.0. The van der Waals surface area contributed by atoms with Gasteiger partial charge in [-0.2, -0.15) is 0 Å². The van der Waals surface area contributed by atoms with E-state index in [9.17, 15) is 0 Å². The van der Waals surface area contributed by atoms with Gasteiger partial charge in [0.05, 0.1) is 0 Å². The van der Waals surface area contributed by atoms with E-state index in [2.05, 4.69) is 180 Å². The molecule has 3 aromatic rings. The van der Waals surface area contributed by atoms with Gasteiger partial charge in [-0.05, 0) is 0 Å². The fraction of sp³-hybridized carbons (Fsp3) is 0.389. The van der Waals surface area contributed by atoms with Crippen molar-refractivity contribution in [1.29, 1.82) is 0 Å². The maximum Gasteiger partial charge on any atom is -1.00 e. The molecule has 8 heteroatoms. The van der Waals surface area contributed by atoms with E-state index in [0.29, 0.717) is 0 Å². The van der Waals surface area contributed by atoms with Gasteiger partial charge >= 0.3 is 264 Å². The van der Waals surface area contributed by atoms with E-state index in [-0.39, 0.29) is 42.3 Å². The van der Waals surface area contributed by atoms with Crippen LogP contribution in [0.15, 0.2) is 75.2 Å². The molecule has 0 fully saturated rings. The average molecular weight is 705 g/mol. The predicted molar refractivity (Wildman–Crippen MR) is 181 cm³/mol. The van der Waals surface area contributed by atoms with Crippen LogP contribution in [-0.4, -0.2) is 50.4 Å². The van der Waals surface area contributed by atoms with Crippen LogP contribution < -0.4 is 67.5 Å². The fourth-order valence-electron chi connectivity index (χ4n) is 6.95. The molecule has 0 aromatic heterocycles. The number of benzene rings is 3. The summed E-state index contributed by atoms with van der Waals surface area (Å²) in [6.07, 6.45) is 0. The number of allylic oxidation sites excluding steroid dienone is 4. The molecule has 0 radical (unpaired) electrons. The molecule has 3 aromatic carbocycles. The number of hydrogen-bond acceptors (Lipinski definition) is 3. The molecule has 1 atom stereocenters. The molecule has 4 rings (SSSR count). The van der Waals surface area contributed by atoms with Crippen LogP contribution >= 0.6 is 0 Å². The zero-order valence-electron chi connectivity index (χ0n) is 28.7. The van der Waals surface area contributed by atoms with Crippen molar-refractivity contribution in [1.82, 2.24) is 0 Å². The van der Waals surface area contributed by atoms with E-state index in [4.69, 9.17) is 0 Å². The average Bonchev–Trinajstić information content (AvgIpc) is 3.04. The SMILES string of the molecule is CC1=C(C)C(C)([Si](c2cc(C)cc(N(C)C)c2)(c2cc(C)cc(N(C)C)c2)c2cc(C)cc(N(C)C)c2)[C]([Ti+3])=C1C.[Cl-].[Cl-].[Cl-]. The van der Waals surface area contributed by atoms with Gasteiger partial charge in [0.25, 0.3) is 0 Å². The summed E-state index contributed by atoms with van der Waals surface area (Å²) in [7, 11) is 10.1. The molecule has 0 heterocycles. The topological polar surface area (TPSA) is 9.72 Å². The zero-order chi connectivity index (χ0) is 30.6. The Morgan fingerprint density at radius 3 is 1.02 bits per heavy atom.